The van der Waals surface area contributed by atoms with Crippen LogP contribution in [-0.4, -0.2) is 5.11 Å². The van der Waals surface area contributed by atoms with Crippen molar-refractivity contribution >= 4 is 15.7 Å². The van der Waals surface area contributed by atoms with Gasteiger partial charge in [-0.2, -0.15) is 0 Å². The number of halogens is 2. The van der Waals surface area contributed by atoms with Crippen molar-refractivity contribution in [2.24, 2.45) is 0 Å². The number of allylic oxidation sites excluding steroid dienone is 2. The summed E-state index contributed by atoms with van der Waals surface area (Å²) in [5.74, 6) is 0. The Hall–Kier alpha value is -1.13. The van der Waals surface area contributed by atoms with Crippen molar-refractivity contribution in [1.82, 2.24) is 0 Å². The Morgan fingerprint density at radius 2 is 1.93 bits per heavy atom. The maximum Gasteiger partial charge on any atom is 0.107 e. The number of rotatable bonds is 2. The van der Waals surface area contributed by atoms with Crippen molar-refractivity contribution in [3.63, 3.8) is 0 Å². The Bertz CT molecular complexity index is 438. The van der Waals surface area contributed by atoms with E-state index in [1.165, 1.54) is 12.2 Å². The zero-order chi connectivity index (χ0) is 10.9. The lowest BCUT2D eigenvalue weighted by Gasteiger charge is -2.18. The Morgan fingerprint density at radius 1 is 1.20 bits per heavy atom. The molecule has 0 saturated heterocycles. The third kappa shape index (κ3) is 1.82. The van der Waals surface area contributed by atoms with Gasteiger partial charge in [0.1, 0.15) is 10.8 Å². The smallest absolute Gasteiger partial charge is 0.107 e. The van der Waals surface area contributed by atoms with E-state index in [0.717, 1.165) is 5.41 Å². The molecule has 1 heterocycles. The molecular formula is C11H10F2OS. The molecule has 1 aromatic rings. The van der Waals surface area contributed by atoms with Gasteiger partial charge in [-0.15, -0.1) is 7.77 Å². The molecule has 80 valence electrons. The molecule has 0 radical (unpaired) electrons. The summed E-state index contributed by atoms with van der Waals surface area (Å²) in [6.07, 6.45) is 2.79. The largest absolute Gasteiger partial charge is 0.392 e. The normalized spacial score (nSPS) is 20.1. The molecule has 0 amide bonds. The molecule has 0 bridgehead atoms. The molecule has 1 aromatic carbocycles. The van der Waals surface area contributed by atoms with E-state index in [9.17, 15) is 7.77 Å². The minimum absolute atomic E-state index is 0.0344. The van der Waals surface area contributed by atoms with Gasteiger partial charge in [0.15, 0.2) is 0 Å². The minimum Gasteiger partial charge on any atom is -0.392 e. The van der Waals surface area contributed by atoms with Crippen molar-refractivity contribution in [3.8, 4) is 0 Å². The fraction of sp³-hybridized carbons (Fsp3) is 0.0909. The summed E-state index contributed by atoms with van der Waals surface area (Å²) in [5, 5.41) is 10.0. The highest BCUT2D eigenvalue weighted by Gasteiger charge is 2.30. The fourth-order valence-corrected chi connectivity index (χ4v) is 2.70. The molecule has 1 N–H and O–H groups in total. The molecular weight excluding hydrogens is 218 g/mol. The molecule has 0 unspecified atom stereocenters. The van der Waals surface area contributed by atoms with E-state index in [-0.39, 0.29) is 11.5 Å². The van der Waals surface area contributed by atoms with Gasteiger partial charge in [0.05, 0.1) is 11.5 Å². The second-order valence-electron chi connectivity index (χ2n) is 3.18. The molecule has 15 heavy (non-hydrogen) atoms. The molecule has 0 aromatic heterocycles. The first-order chi connectivity index (χ1) is 7.15. The zero-order valence-electron chi connectivity index (χ0n) is 7.86. The Balaban J connectivity index is 2.47. The van der Waals surface area contributed by atoms with Crippen molar-refractivity contribution in [3.05, 3.63) is 53.0 Å². The summed E-state index contributed by atoms with van der Waals surface area (Å²) in [6.45, 7) is -0.219. The quantitative estimate of drug-likeness (QED) is 0.819. The van der Waals surface area contributed by atoms with Gasteiger partial charge >= 0.3 is 0 Å². The van der Waals surface area contributed by atoms with Crippen LogP contribution >= 0.6 is 10.8 Å². The lowest BCUT2D eigenvalue weighted by atomic mass is 10.1. The molecule has 1 nitrogen and oxygen atoms in total. The molecule has 4 heteroatoms. The van der Waals surface area contributed by atoms with E-state index in [0.29, 0.717) is 11.1 Å². The third-order valence-corrected chi connectivity index (χ3v) is 3.68. The highest BCUT2D eigenvalue weighted by molar-refractivity contribution is 8.35. The maximum atomic E-state index is 13.5. The lowest BCUT2D eigenvalue weighted by Crippen LogP contribution is -1.93. The van der Waals surface area contributed by atoms with Crippen LogP contribution in [0, 0.1) is 0 Å². The van der Waals surface area contributed by atoms with Gasteiger partial charge in [0, 0.05) is 5.41 Å². The summed E-state index contributed by atoms with van der Waals surface area (Å²) < 4.78 is 26.9. The van der Waals surface area contributed by atoms with Crippen LogP contribution in [0.1, 0.15) is 11.1 Å². The van der Waals surface area contributed by atoms with Gasteiger partial charge in [0.25, 0.3) is 0 Å². The summed E-state index contributed by atoms with van der Waals surface area (Å²) in [7, 11) is -3.80. The first-order valence-corrected chi connectivity index (χ1v) is 5.95. The molecule has 0 aliphatic carbocycles. The van der Waals surface area contributed by atoms with Crippen LogP contribution in [0.5, 0.6) is 0 Å². The van der Waals surface area contributed by atoms with Crippen molar-refractivity contribution in [1.29, 1.82) is 0 Å². The van der Waals surface area contributed by atoms with Crippen LogP contribution in [0.3, 0.4) is 0 Å². The summed E-state index contributed by atoms with van der Waals surface area (Å²) in [6, 6.07) is 6.70. The van der Waals surface area contributed by atoms with Gasteiger partial charge in [-0.25, -0.2) is 0 Å². The number of aliphatic hydroxyl groups is 1. The average molecular weight is 228 g/mol. The molecule has 0 atom stereocenters. The van der Waals surface area contributed by atoms with E-state index in [2.05, 4.69) is 0 Å². The predicted octanol–water partition coefficient (Wildman–Crippen LogP) is 3.62. The lowest BCUT2D eigenvalue weighted by molar-refractivity contribution is 0.281. The SMILES string of the molecule is OCc1ccccc1C1=CC=CS1(F)F. The second-order valence-corrected chi connectivity index (χ2v) is 4.91. The first kappa shape index (κ1) is 10.4. The molecule has 1 aliphatic heterocycles. The fourth-order valence-electron chi connectivity index (χ4n) is 1.52. The van der Waals surface area contributed by atoms with Crippen LogP contribution in [-0.2, 0) is 6.61 Å². The van der Waals surface area contributed by atoms with Gasteiger partial charge in [-0.3, -0.25) is 0 Å². The van der Waals surface area contributed by atoms with Crippen LogP contribution in [0.25, 0.3) is 4.91 Å². The van der Waals surface area contributed by atoms with Gasteiger partial charge in [0.2, 0.25) is 0 Å². The average Bonchev–Trinajstić information content (AvgIpc) is 2.58. The molecule has 1 aliphatic rings. The standard InChI is InChI=1S/C11H10F2OS/c12-15(13)7-3-6-11(15)10-5-2-1-4-9(10)8-14/h1-7,14H,8H2. The number of benzene rings is 1. The Labute approximate surface area is 88.6 Å². The Morgan fingerprint density at radius 3 is 2.53 bits per heavy atom. The van der Waals surface area contributed by atoms with Crippen molar-refractivity contribution in [2.45, 2.75) is 6.61 Å². The zero-order valence-corrected chi connectivity index (χ0v) is 8.68. The highest BCUT2D eigenvalue weighted by atomic mass is 32.3. The van der Waals surface area contributed by atoms with E-state index in [4.69, 9.17) is 5.11 Å². The molecule has 0 fully saturated rings. The number of hydrogen-bond acceptors (Lipinski definition) is 1. The van der Waals surface area contributed by atoms with Gasteiger partial charge in [-0.1, -0.05) is 30.3 Å². The van der Waals surface area contributed by atoms with Gasteiger partial charge < -0.3 is 5.11 Å². The van der Waals surface area contributed by atoms with Crippen LogP contribution < -0.4 is 0 Å². The van der Waals surface area contributed by atoms with Gasteiger partial charge in [-0.05, 0) is 17.2 Å². The van der Waals surface area contributed by atoms with E-state index < -0.39 is 10.8 Å². The maximum absolute atomic E-state index is 13.5. The van der Waals surface area contributed by atoms with Crippen molar-refractivity contribution in [2.75, 3.05) is 0 Å². The van der Waals surface area contributed by atoms with Crippen LogP contribution in [0.15, 0.2) is 41.8 Å². The summed E-state index contributed by atoms with van der Waals surface area (Å²) >= 11 is 0. The van der Waals surface area contributed by atoms with E-state index in [1.54, 1.807) is 24.3 Å². The second kappa shape index (κ2) is 3.79. The molecule has 0 saturated carbocycles. The molecule has 2 rings (SSSR count). The van der Waals surface area contributed by atoms with Crippen LogP contribution in [0.4, 0.5) is 7.77 Å². The molecule has 0 spiro atoms. The predicted molar refractivity (Wildman–Crippen MR) is 59.3 cm³/mol. The third-order valence-electron chi connectivity index (χ3n) is 2.24. The first-order valence-electron chi connectivity index (χ1n) is 4.45. The monoisotopic (exact) mass is 228 g/mol. The highest BCUT2D eigenvalue weighted by Crippen LogP contribution is 2.66. The van der Waals surface area contributed by atoms with Crippen LogP contribution in [0.2, 0.25) is 0 Å². The topological polar surface area (TPSA) is 20.2 Å². The van der Waals surface area contributed by atoms with E-state index in [1.807, 2.05) is 0 Å². The Kier molecular flexibility index (Phi) is 2.63. The minimum atomic E-state index is -3.80. The summed E-state index contributed by atoms with van der Waals surface area (Å²) in [4.78, 5) is 0.0344. The summed E-state index contributed by atoms with van der Waals surface area (Å²) in [5.41, 5.74) is 0.990. The number of hydrogen-bond donors (Lipinski definition) is 1. The van der Waals surface area contributed by atoms with E-state index >= 15 is 0 Å². The number of aliphatic hydroxyl groups excluding tert-OH is 1. The van der Waals surface area contributed by atoms with Crippen molar-refractivity contribution < 1.29 is 12.9 Å².